The van der Waals surface area contributed by atoms with Crippen LogP contribution >= 0.6 is 0 Å². The molecular weight excluding hydrogens is 298 g/mol. The fraction of sp³-hybridized carbons (Fsp3) is 0.350. The van der Waals surface area contributed by atoms with Crippen LogP contribution in [0.25, 0.3) is 0 Å². The second kappa shape index (κ2) is 7.49. The highest BCUT2D eigenvalue weighted by Gasteiger charge is 2.24. The molecule has 1 aliphatic rings. The number of hydrogen-bond acceptors (Lipinski definition) is 3. The summed E-state index contributed by atoms with van der Waals surface area (Å²) < 4.78 is 0. The van der Waals surface area contributed by atoms with E-state index in [2.05, 4.69) is 29.2 Å². The van der Waals surface area contributed by atoms with Gasteiger partial charge < -0.3 is 15.5 Å². The summed E-state index contributed by atoms with van der Waals surface area (Å²) in [4.78, 5) is 17.0. The van der Waals surface area contributed by atoms with Crippen molar-refractivity contribution in [3.05, 3.63) is 65.7 Å². The normalized spacial score (nSPS) is 16.6. The molecule has 126 valence electrons. The first kappa shape index (κ1) is 16.5. The molecule has 4 nitrogen and oxygen atoms in total. The third-order valence-electron chi connectivity index (χ3n) is 4.63. The molecule has 2 aromatic carbocycles. The van der Waals surface area contributed by atoms with E-state index in [4.69, 9.17) is 5.73 Å². The third kappa shape index (κ3) is 3.77. The smallest absolute Gasteiger partial charge is 0.244 e. The average Bonchev–Trinajstić information content (AvgIpc) is 2.88. The van der Waals surface area contributed by atoms with Crippen LogP contribution in [0.1, 0.15) is 23.6 Å². The van der Waals surface area contributed by atoms with Crippen LogP contribution in [-0.2, 0) is 4.79 Å². The van der Waals surface area contributed by atoms with E-state index in [1.807, 2.05) is 42.2 Å². The van der Waals surface area contributed by atoms with Crippen molar-refractivity contribution in [3.63, 3.8) is 0 Å². The molecule has 2 aromatic rings. The zero-order chi connectivity index (χ0) is 16.9. The second-order valence-corrected chi connectivity index (χ2v) is 6.39. The molecule has 0 saturated carbocycles. The van der Waals surface area contributed by atoms with Gasteiger partial charge in [0.05, 0.1) is 0 Å². The summed E-state index contributed by atoms with van der Waals surface area (Å²) in [5.41, 5.74) is 9.49. The zero-order valence-corrected chi connectivity index (χ0v) is 14.2. The molecule has 24 heavy (non-hydrogen) atoms. The maximum absolute atomic E-state index is 12.8. The minimum Gasteiger partial charge on any atom is -0.370 e. The summed E-state index contributed by atoms with van der Waals surface area (Å²) >= 11 is 0. The fourth-order valence-corrected chi connectivity index (χ4v) is 3.15. The quantitative estimate of drug-likeness (QED) is 0.945. The fourth-order valence-electron chi connectivity index (χ4n) is 3.15. The summed E-state index contributed by atoms with van der Waals surface area (Å²) in [6, 6.07) is 17.7. The van der Waals surface area contributed by atoms with E-state index in [0.29, 0.717) is 6.54 Å². The third-order valence-corrected chi connectivity index (χ3v) is 4.63. The van der Waals surface area contributed by atoms with Crippen LogP contribution in [0, 0.1) is 6.92 Å². The van der Waals surface area contributed by atoms with Crippen LogP contribution in [0.5, 0.6) is 0 Å². The Morgan fingerprint density at radius 3 is 2.38 bits per heavy atom. The van der Waals surface area contributed by atoms with Crippen LogP contribution in [0.3, 0.4) is 0 Å². The molecule has 1 heterocycles. The standard InChI is InChI=1S/C20H25N3O/c1-16-8-10-17(11-9-16)19(21)20(24)23-13-5-12-22(14-15-23)18-6-3-2-4-7-18/h2-4,6-11,19H,5,12-15,21H2,1H3. The van der Waals surface area contributed by atoms with Crippen LogP contribution in [0.2, 0.25) is 0 Å². The lowest BCUT2D eigenvalue weighted by atomic mass is 10.0. The summed E-state index contributed by atoms with van der Waals surface area (Å²) in [5.74, 6) is 0.0220. The van der Waals surface area contributed by atoms with Gasteiger partial charge >= 0.3 is 0 Å². The molecule has 0 aliphatic carbocycles. The van der Waals surface area contributed by atoms with E-state index in [1.54, 1.807) is 0 Å². The number of carbonyl (C=O) groups excluding carboxylic acids is 1. The highest BCUT2D eigenvalue weighted by Crippen LogP contribution is 2.19. The van der Waals surface area contributed by atoms with Gasteiger partial charge in [-0.25, -0.2) is 0 Å². The Balaban J connectivity index is 1.65. The molecule has 1 atom stereocenters. The largest absolute Gasteiger partial charge is 0.370 e. The molecule has 0 bridgehead atoms. The van der Waals surface area contributed by atoms with E-state index in [0.717, 1.165) is 31.6 Å². The van der Waals surface area contributed by atoms with E-state index >= 15 is 0 Å². The summed E-state index contributed by atoms with van der Waals surface area (Å²) in [7, 11) is 0. The number of anilines is 1. The number of para-hydroxylation sites is 1. The summed E-state index contributed by atoms with van der Waals surface area (Å²) in [6.07, 6.45) is 0.960. The van der Waals surface area contributed by atoms with Gasteiger partial charge in [0, 0.05) is 31.9 Å². The van der Waals surface area contributed by atoms with E-state index < -0.39 is 6.04 Å². The number of aryl methyl sites for hydroxylation is 1. The molecule has 3 rings (SSSR count). The number of benzene rings is 2. The van der Waals surface area contributed by atoms with Crippen LogP contribution in [0.15, 0.2) is 54.6 Å². The predicted octanol–water partition coefficient (Wildman–Crippen LogP) is 2.73. The van der Waals surface area contributed by atoms with Crippen LogP contribution in [0.4, 0.5) is 5.69 Å². The first-order valence-electron chi connectivity index (χ1n) is 8.56. The van der Waals surface area contributed by atoms with Gasteiger partial charge in [0.25, 0.3) is 0 Å². The molecule has 0 spiro atoms. The molecule has 0 aromatic heterocycles. The molecule has 1 unspecified atom stereocenters. The Labute approximate surface area is 143 Å². The lowest BCUT2D eigenvalue weighted by molar-refractivity contribution is -0.132. The van der Waals surface area contributed by atoms with Crippen LogP contribution in [-0.4, -0.2) is 37.0 Å². The van der Waals surface area contributed by atoms with Gasteiger partial charge in [0.2, 0.25) is 5.91 Å². The monoisotopic (exact) mass is 323 g/mol. The minimum atomic E-state index is -0.575. The van der Waals surface area contributed by atoms with E-state index in [9.17, 15) is 4.79 Å². The van der Waals surface area contributed by atoms with Gasteiger partial charge in [-0.15, -0.1) is 0 Å². The topological polar surface area (TPSA) is 49.6 Å². The molecule has 0 radical (unpaired) electrons. The Hall–Kier alpha value is -2.33. The van der Waals surface area contributed by atoms with Crippen molar-refractivity contribution in [1.29, 1.82) is 0 Å². The summed E-state index contributed by atoms with van der Waals surface area (Å²) in [6.45, 7) is 5.32. The van der Waals surface area contributed by atoms with Gasteiger partial charge in [-0.05, 0) is 31.0 Å². The van der Waals surface area contributed by atoms with E-state index in [1.165, 1.54) is 11.3 Å². The first-order chi connectivity index (χ1) is 11.6. The van der Waals surface area contributed by atoms with Crippen molar-refractivity contribution in [2.75, 3.05) is 31.1 Å². The summed E-state index contributed by atoms with van der Waals surface area (Å²) in [5, 5.41) is 0. The molecule has 1 aliphatic heterocycles. The maximum Gasteiger partial charge on any atom is 0.244 e. The predicted molar refractivity (Wildman–Crippen MR) is 98.0 cm³/mol. The average molecular weight is 323 g/mol. The van der Waals surface area contributed by atoms with Gasteiger partial charge in [-0.3, -0.25) is 4.79 Å². The van der Waals surface area contributed by atoms with Crippen molar-refractivity contribution in [2.24, 2.45) is 5.73 Å². The van der Waals surface area contributed by atoms with Crippen molar-refractivity contribution in [1.82, 2.24) is 4.90 Å². The van der Waals surface area contributed by atoms with Crippen molar-refractivity contribution in [3.8, 4) is 0 Å². The Bertz CT molecular complexity index is 669. The van der Waals surface area contributed by atoms with Gasteiger partial charge in [-0.1, -0.05) is 48.0 Å². The van der Waals surface area contributed by atoms with Crippen molar-refractivity contribution < 1.29 is 4.79 Å². The zero-order valence-electron chi connectivity index (χ0n) is 14.2. The number of hydrogen-bond donors (Lipinski definition) is 1. The highest BCUT2D eigenvalue weighted by molar-refractivity contribution is 5.83. The molecule has 1 fully saturated rings. The Morgan fingerprint density at radius 1 is 0.958 bits per heavy atom. The van der Waals surface area contributed by atoms with E-state index in [-0.39, 0.29) is 5.91 Å². The molecule has 4 heteroatoms. The van der Waals surface area contributed by atoms with Gasteiger partial charge in [0.1, 0.15) is 6.04 Å². The molecule has 1 amide bonds. The van der Waals surface area contributed by atoms with Crippen LogP contribution < -0.4 is 10.6 Å². The number of amides is 1. The molecule has 2 N–H and O–H groups in total. The number of carbonyl (C=O) groups is 1. The van der Waals surface area contributed by atoms with Crippen molar-refractivity contribution >= 4 is 11.6 Å². The minimum absolute atomic E-state index is 0.0220. The number of nitrogens with two attached hydrogens (primary N) is 1. The first-order valence-corrected chi connectivity index (χ1v) is 8.56. The maximum atomic E-state index is 12.8. The Morgan fingerprint density at radius 2 is 1.67 bits per heavy atom. The second-order valence-electron chi connectivity index (χ2n) is 6.39. The van der Waals surface area contributed by atoms with Gasteiger partial charge in [0.15, 0.2) is 0 Å². The SMILES string of the molecule is Cc1ccc(C(N)C(=O)N2CCCN(c3ccccc3)CC2)cc1. The Kier molecular flexibility index (Phi) is 5.16. The lowest BCUT2D eigenvalue weighted by Crippen LogP contribution is -2.40. The van der Waals surface area contributed by atoms with Crippen molar-refractivity contribution in [2.45, 2.75) is 19.4 Å². The van der Waals surface area contributed by atoms with Gasteiger partial charge in [-0.2, -0.15) is 0 Å². The highest BCUT2D eigenvalue weighted by atomic mass is 16.2. The molecule has 1 saturated heterocycles. The lowest BCUT2D eigenvalue weighted by Gasteiger charge is -2.25. The number of rotatable bonds is 3. The number of nitrogens with zero attached hydrogens (tertiary/aromatic N) is 2. The molecular formula is C20H25N3O.